The third kappa shape index (κ3) is 11.6. The molecule has 9 nitrogen and oxygen atoms in total. The summed E-state index contributed by atoms with van der Waals surface area (Å²) in [5.74, 6) is 0.410. The lowest BCUT2D eigenvalue weighted by Crippen LogP contribution is -2.36. The van der Waals surface area contributed by atoms with Crippen molar-refractivity contribution in [2.75, 3.05) is 32.5 Å². The number of anilines is 1. The second kappa shape index (κ2) is 20.4. The van der Waals surface area contributed by atoms with Crippen molar-refractivity contribution in [1.29, 1.82) is 0 Å². The first-order chi connectivity index (χ1) is 25.0. The van der Waals surface area contributed by atoms with Crippen LogP contribution in [0.2, 0.25) is 5.02 Å². The van der Waals surface area contributed by atoms with Crippen LogP contribution in [0.3, 0.4) is 0 Å². The summed E-state index contributed by atoms with van der Waals surface area (Å²) in [4.78, 5) is 38.6. The standard InChI is InChI=1S/C24H38BrN3O3.C17H14ClNO2/c1-3-28(21-11-7-6-8-12-21)17-20-15-19(16-22(25)23(20)26)24(30)27-13-9-4-5-10-14-31-18(2)29;1-11-9-13-10-15(21-2)7-8-16(13)19(11)17(20)12-3-5-14(18)6-4-12/h15-16,21H,3-14,17,26H2,1-2H3,(H,27,30);3-10H,1-2H3. The summed E-state index contributed by atoms with van der Waals surface area (Å²) in [6, 6.07) is 18.9. The van der Waals surface area contributed by atoms with Crippen LogP contribution in [0.1, 0.15) is 104 Å². The van der Waals surface area contributed by atoms with Crippen molar-refractivity contribution in [2.45, 2.75) is 91.1 Å². The molecule has 1 saturated carbocycles. The van der Waals surface area contributed by atoms with Crippen LogP contribution in [0.4, 0.5) is 5.69 Å². The molecule has 1 aliphatic rings. The number of methoxy groups -OCH3 is 1. The van der Waals surface area contributed by atoms with Crippen molar-refractivity contribution < 1.29 is 23.9 Å². The van der Waals surface area contributed by atoms with Crippen molar-refractivity contribution in [3.8, 4) is 5.75 Å². The van der Waals surface area contributed by atoms with E-state index >= 15 is 0 Å². The molecule has 52 heavy (non-hydrogen) atoms. The van der Waals surface area contributed by atoms with Crippen LogP contribution < -0.4 is 15.8 Å². The van der Waals surface area contributed by atoms with Crippen LogP contribution in [0.5, 0.6) is 5.75 Å². The number of benzene rings is 3. The van der Waals surface area contributed by atoms with Crippen LogP contribution in [0.15, 0.2) is 65.1 Å². The Balaban J connectivity index is 0.000000249. The summed E-state index contributed by atoms with van der Waals surface area (Å²) in [6.07, 6.45) is 10.2. The zero-order valence-corrected chi connectivity index (χ0v) is 33.2. The Morgan fingerprint density at radius 2 is 1.67 bits per heavy atom. The number of nitrogens with two attached hydrogens (primary N) is 1. The van der Waals surface area contributed by atoms with Gasteiger partial charge in [0.1, 0.15) is 5.75 Å². The van der Waals surface area contributed by atoms with Crippen LogP contribution in [-0.4, -0.2) is 60.1 Å². The molecule has 5 rings (SSSR count). The molecule has 1 amide bonds. The first kappa shape index (κ1) is 40.9. The number of unbranched alkanes of at least 4 members (excludes halogenated alkanes) is 3. The summed E-state index contributed by atoms with van der Waals surface area (Å²) in [5, 5.41) is 4.61. The number of nitrogens with one attached hydrogen (secondary N) is 1. The highest BCUT2D eigenvalue weighted by molar-refractivity contribution is 9.10. The molecule has 0 unspecified atom stereocenters. The third-order valence-corrected chi connectivity index (χ3v) is 10.4. The molecule has 3 N–H and O–H groups in total. The molecular weight excluding hydrogens is 744 g/mol. The summed E-state index contributed by atoms with van der Waals surface area (Å²) in [7, 11) is 1.63. The lowest BCUT2D eigenvalue weighted by Gasteiger charge is -2.34. The van der Waals surface area contributed by atoms with Gasteiger partial charge in [-0.3, -0.25) is 23.9 Å². The number of fused-ring (bicyclic) bond motifs is 1. The normalized spacial score (nSPS) is 13.1. The molecule has 1 heterocycles. The molecule has 0 aliphatic heterocycles. The molecule has 0 atom stereocenters. The van der Waals surface area contributed by atoms with E-state index in [0.29, 0.717) is 35.3 Å². The number of nitrogen functional groups attached to an aromatic ring is 1. The molecule has 0 bridgehead atoms. The Labute approximate surface area is 321 Å². The number of rotatable bonds is 14. The Kier molecular flexibility index (Phi) is 16.0. The first-order valence-corrected chi connectivity index (χ1v) is 19.4. The van der Waals surface area contributed by atoms with Gasteiger partial charge in [0.15, 0.2) is 0 Å². The van der Waals surface area contributed by atoms with Crippen molar-refractivity contribution >= 4 is 61.9 Å². The van der Waals surface area contributed by atoms with Crippen molar-refractivity contribution in [3.63, 3.8) is 0 Å². The monoisotopic (exact) mass is 794 g/mol. The summed E-state index contributed by atoms with van der Waals surface area (Å²) in [6.45, 7) is 8.40. The van der Waals surface area contributed by atoms with E-state index in [-0.39, 0.29) is 17.8 Å². The highest BCUT2D eigenvalue weighted by atomic mass is 79.9. The van der Waals surface area contributed by atoms with Gasteiger partial charge in [0.25, 0.3) is 11.8 Å². The van der Waals surface area contributed by atoms with E-state index in [1.807, 2.05) is 43.3 Å². The van der Waals surface area contributed by atoms with E-state index in [0.717, 1.165) is 76.8 Å². The van der Waals surface area contributed by atoms with Crippen molar-refractivity contribution in [3.05, 3.63) is 92.5 Å². The lowest BCUT2D eigenvalue weighted by atomic mass is 9.93. The van der Waals surface area contributed by atoms with E-state index in [2.05, 4.69) is 33.1 Å². The number of carbonyl (C=O) groups is 3. The van der Waals surface area contributed by atoms with Crippen LogP contribution in [0, 0.1) is 6.92 Å². The number of amides is 1. The molecule has 4 aromatic rings. The molecule has 3 aromatic carbocycles. The van der Waals surface area contributed by atoms with Gasteiger partial charge in [-0.25, -0.2) is 0 Å². The minimum atomic E-state index is -0.234. The van der Waals surface area contributed by atoms with Gasteiger partial charge < -0.3 is 20.5 Å². The smallest absolute Gasteiger partial charge is 0.302 e. The van der Waals surface area contributed by atoms with Crippen LogP contribution in [-0.2, 0) is 16.1 Å². The van der Waals surface area contributed by atoms with Crippen molar-refractivity contribution in [1.82, 2.24) is 14.8 Å². The van der Waals surface area contributed by atoms with Gasteiger partial charge in [0, 0.05) is 57.8 Å². The van der Waals surface area contributed by atoms with E-state index in [1.165, 1.54) is 39.0 Å². The number of nitrogens with zero attached hydrogens (tertiary/aromatic N) is 2. The average Bonchev–Trinajstić information content (AvgIpc) is 3.48. The molecule has 1 fully saturated rings. The van der Waals surface area contributed by atoms with Gasteiger partial charge in [-0.2, -0.15) is 0 Å². The van der Waals surface area contributed by atoms with Crippen LogP contribution >= 0.6 is 27.5 Å². The minimum Gasteiger partial charge on any atom is -0.497 e. The average molecular weight is 796 g/mol. The summed E-state index contributed by atoms with van der Waals surface area (Å²) >= 11 is 9.41. The molecule has 11 heteroatoms. The fraction of sp³-hybridized carbons (Fsp3) is 0.439. The first-order valence-electron chi connectivity index (χ1n) is 18.2. The maximum atomic E-state index is 12.7. The third-order valence-electron chi connectivity index (χ3n) is 9.50. The molecule has 1 aliphatic carbocycles. The maximum Gasteiger partial charge on any atom is 0.302 e. The SMILES string of the molecule is CCN(Cc1cc(C(=O)NCCCCCCOC(C)=O)cc(Br)c1N)C1CCCCC1.COc1ccc2c(c1)cc(C)n2C(=O)c1ccc(Cl)cc1. The molecular formula is C41H52BrClN4O5. The highest BCUT2D eigenvalue weighted by Gasteiger charge is 2.22. The zero-order chi connectivity index (χ0) is 37.6. The Morgan fingerprint density at radius 1 is 0.962 bits per heavy atom. The second-order valence-corrected chi connectivity index (χ2v) is 14.5. The number of halogens is 2. The summed E-state index contributed by atoms with van der Waals surface area (Å²) < 4.78 is 12.6. The molecule has 0 radical (unpaired) electrons. The Hall–Kier alpha value is -3.86. The molecule has 1 aromatic heterocycles. The molecule has 0 saturated heterocycles. The Morgan fingerprint density at radius 3 is 2.35 bits per heavy atom. The fourth-order valence-corrected chi connectivity index (χ4v) is 7.28. The topological polar surface area (TPSA) is 116 Å². The maximum absolute atomic E-state index is 12.7. The minimum absolute atomic E-state index is 0.0654. The largest absolute Gasteiger partial charge is 0.497 e. The molecule has 280 valence electrons. The van der Waals surface area contributed by atoms with E-state index in [9.17, 15) is 14.4 Å². The molecule has 0 spiro atoms. The number of aromatic nitrogens is 1. The van der Waals surface area contributed by atoms with Gasteiger partial charge in [-0.1, -0.05) is 44.2 Å². The van der Waals surface area contributed by atoms with Gasteiger partial charge in [0.2, 0.25) is 0 Å². The van der Waals surface area contributed by atoms with Crippen molar-refractivity contribution in [2.24, 2.45) is 0 Å². The predicted molar refractivity (Wildman–Crippen MR) is 213 cm³/mol. The van der Waals surface area contributed by atoms with Gasteiger partial charge in [-0.05, 0) is 128 Å². The number of hydrogen-bond donors (Lipinski definition) is 2. The number of esters is 1. The van der Waals surface area contributed by atoms with E-state index in [1.54, 1.807) is 35.9 Å². The number of carbonyl (C=O) groups excluding carboxylic acids is 3. The van der Waals surface area contributed by atoms with Gasteiger partial charge in [0.05, 0.1) is 24.9 Å². The number of ether oxygens (including phenoxy) is 2. The summed E-state index contributed by atoms with van der Waals surface area (Å²) in [5.41, 5.74) is 11.1. The quantitative estimate of drug-likeness (QED) is 0.0743. The fourth-order valence-electron chi connectivity index (χ4n) is 6.65. The Bertz CT molecular complexity index is 1800. The van der Waals surface area contributed by atoms with Crippen LogP contribution in [0.25, 0.3) is 10.9 Å². The second-order valence-electron chi connectivity index (χ2n) is 13.3. The lowest BCUT2D eigenvalue weighted by molar-refractivity contribution is -0.141. The number of hydrogen-bond acceptors (Lipinski definition) is 7. The zero-order valence-electron chi connectivity index (χ0n) is 30.8. The highest BCUT2D eigenvalue weighted by Crippen LogP contribution is 2.30. The van der Waals surface area contributed by atoms with E-state index in [4.69, 9.17) is 26.8 Å². The predicted octanol–water partition coefficient (Wildman–Crippen LogP) is 9.34. The van der Waals surface area contributed by atoms with E-state index < -0.39 is 0 Å². The number of aryl methyl sites for hydroxylation is 1. The van der Waals surface area contributed by atoms with Gasteiger partial charge >= 0.3 is 5.97 Å². The van der Waals surface area contributed by atoms with Gasteiger partial charge in [-0.15, -0.1) is 0 Å².